The Labute approximate surface area is 192 Å². The van der Waals surface area contributed by atoms with E-state index >= 15 is 0 Å². The third kappa shape index (κ3) is 7.67. The van der Waals surface area contributed by atoms with E-state index in [1.165, 1.54) is 89.0 Å². The number of halogens is 3. The molecule has 0 unspecified atom stereocenters. The van der Waals surface area contributed by atoms with Crippen molar-refractivity contribution >= 4 is 0 Å². The molecule has 0 nitrogen and oxygen atoms in total. The third-order valence-corrected chi connectivity index (χ3v) is 7.29. The Morgan fingerprint density at radius 3 is 1.78 bits per heavy atom. The normalized spacial score (nSPS) is 18.8. The van der Waals surface area contributed by atoms with Crippen LogP contribution >= 0.6 is 0 Å². The lowest BCUT2D eigenvalue weighted by molar-refractivity contribution is 0.248. The summed E-state index contributed by atoms with van der Waals surface area (Å²) in [6, 6.07) is 9.92. The summed E-state index contributed by atoms with van der Waals surface area (Å²) in [5.74, 6) is -1.95. The number of hydrogen-bond acceptors (Lipinski definition) is 0. The molecule has 1 aliphatic rings. The standard InChI is InChI=1S/C29H39F3/c1-2-3-4-5-6-7-8-9-22-10-12-23(13-11-22)14-15-24-16-18-25(19-17-24)26-20-27(30)29(32)28(31)21-26/h16-23H,2-15H2,1H3. The van der Waals surface area contributed by atoms with E-state index in [2.05, 4.69) is 6.92 Å². The molecule has 3 heteroatoms. The molecule has 1 aliphatic carbocycles. The fourth-order valence-corrected chi connectivity index (χ4v) is 5.16. The van der Waals surface area contributed by atoms with Gasteiger partial charge in [0, 0.05) is 0 Å². The van der Waals surface area contributed by atoms with Crippen LogP contribution in [-0.4, -0.2) is 0 Å². The molecule has 0 atom stereocenters. The molecule has 0 saturated heterocycles. The first kappa shape index (κ1) is 24.9. The maximum absolute atomic E-state index is 13.5. The molecule has 0 aromatic heterocycles. The maximum atomic E-state index is 13.5. The molecule has 0 N–H and O–H groups in total. The monoisotopic (exact) mass is 444 g/mol. The first-order valence-electron chi connectivity index (χ1n) is 12.8. The van der Waals surface area contributed by atoms with Crippen molar-refractivity contribution < 1.29 is 13.2 Å². The van der Waals surface area contributed by atoms with E-state index in [-0.39, 0.29) is 0 Å². The molecule has 0 amide bonds. The summed E-state index contributed by atoms with van der Waals surface area (Å²) >= 11 is 0. The predicted octanol–water partition coefficient (Wildman–Crippen LogP) is 9.65. The second kappa shape index (κ2) is 13.1. The van der Waals surface area contributed by atoms with Gasteiger partial charge in [-0.3, -0.25) is 0 Å². The summed E-state index contributed by atoms with van der Waals surface area (Å²) in [6.45, 7) is 2.27. The zero-order chi connectivity index (χ0) is 22.8. The Morgan fingerprint density at radius 2 is 1.19 bits per heavy atom. The zero-order valence-electron chi connectivity index (χ0n) is 19.7. The lowest BCUT2D eigenvalue weighted by atomic mass is 9.77. The number of benzene rings is 2. The highest BCUT2D eigenvalue weighted by Gasteiger charge is 2.20. The third-order valence-electron chi connectivity index (χ3n) is 7.29. The summed E-state index contributed by atoms with van der Waals surface area (Å²) in [6.07, 6.45) is 19.0. The fourth-order valence-electron chi connectivity index (χ4n) is 5.16. The minimum Gasteiger partial charge on any atom is -0.204 e. The molecular weight excluding hydrogens is 405 g/mol. The summed E-state index contributed by atoms with van der Waals surface area (Å²) in [7, 11) is 0. The van der Waals surface area contributed by atoms with Crippen LogP contribution in [-0.2, 0) is 6.42 Å². The van der Waals surface area contributed by atoms with Crippen LogP contribution in [0.5, 0.6) is 0 Å². The van der Waals surface area contributed by atoms with Crippen LogP contribution in [0.15, 0.2) is 36.4 Å². The number of unbranched alkanes of at least 4 members (excludes halogenated alkanes) is 6. The van der Waals surface area contributed by atoms with Crippen molar-refractivity contribution in [3.05, 3.63) is 59.4 Å². The summed E-state index contributed by atoms with van der Waals surface area (Å²) < 4.78 is 40.1. The van der Waals surface area contributed by atoms with E-state index in [4.69, 9.17) is 0 Å². The van der Waals surface area contributed by atoms with Gasteiger partial charge in [0.15, 0.2) is 17.5 Å². The van der Waals surface area contributed by atoms with E-state index in [9.17, 15) is 13.2 Å². The minimum absolute atomic E-state index is 0.368. The molecule has 32 heavy (non-hydrogen) atoms. The van der Waals surface area contributed by atoms with Crippen LogP contribution in [0.4, 0.5) is 13.2 Å². The van der Waals surface area contributed by atoms with Crippen molar-refractivity contribution in [3.63, 3.8) is 0 Å². The van der Waals surface area contributed by atoms with Gasteiger partial charge in [-0.25, -0.2) is 13.2 Å². The second-order valence-electron chi connectivity index (χ2n) is 9.79. The van der Waals surface area contributed by atoms with Gasteiger partial charge >= 0.3 is 0 Å². The molecule has 176 valence electrons. The topological polar surface area (TPSA) is 0 Å². The Balaban J connectivity index is 1.34. The number of rotatable bonds is 12. The first-order valence-corrected chi connectivity index (χ1v) is 12.8. The molecule has 2 aromatic rings. The van der Waals surface area contributed by atoms with Gasteiger partial charge in [0.05, 0.1) is 0 Å². The Morgan fingerprint density at radius 1 is 0.656 bits per heavy atom. The molecule has 0 bridgehead atoms. The van der Waals surface area contributed by atoms with Crippen LogP contribution in [0.2, 0.25) is 0 Å². The second-order valence-corrected chi connectivity index (χ2v) is 9.79. The van der Waals surface area contributed by atoms with Gasteiger partial charge in [-0.1, -0.05) is 108 Å². The van der Waals surface area contributed by atoms with Crippen LogP contribution < -0.4 is 0 Å². The van der Waals surface area contributed by atoms with Gasteiger partial charge in [0.2, 0.25) is 0 Å². The predicted molar refractivity (Wildman–Crippen MR) is 128 cm³/mol. The lowest BCUT2D eigenvalue weighted by Gasteiger charge is -2.28. The summed E-state index contributed by atoms with van der Waals surface area (Å²) in [5, 5.41) is 0. The smallest absolute Gasteiger partial charge is 0.194 e. The Hall–Kier alpha value is -1.77. The van der Waals surface area contributed by atoms with E-state index in [0.29, 0.717) is 11.1 Å². The quantitative estimate of drug-likeness (QED) is 0.226. The van der Waals surface area contributed by atoms with Gasteiger partial charge in [-0.2, -0.15) is 0 Å². The highest BCUT2D eigenvalue weighted by Crippen LogP contribution is 2.34. The largest absolute Gasteiger partial charge is 0.204 e. The SMILES string of the molecule is CCCCCCCCCC1CCC(CCc2ccc(-c3cc(F)c(F)c(F)c3)cc2)CC1. The molecule has 0 heterocycles. The molecular formula is C29H39F3. The van der Waals surface area contributed by atoms with Crippen molar-refractivity contribution in [3.8, 4) is 11.1 Å². The van der Waals surface area contributed by atoms with Crippen LogP contribution in [0.3, 0.4) is 0 Å². The van der Waals surface area contributed by atoms with E-state index in [1.807, 2.05) is 24.3 Å². The summed E-state index contributed by atoms with van der Waals surface area (Å²) in [5.41, 5.74) is 2.33. The molecule has 2 aromatic carbocycles. The first-order chi connectivity index (χ1) is 15.6. The Kier molecular flexibility index (Phi) is 10.1. The highest BCUT2D eigenvalue weighted by atomic mass is 19.2. The van der Waals surface area contributed by atoms with E-state index in [0.717, 1.165) is 30.4 Å². The van der Waals surface area contributed by atoms with Crippen LogP contribution in [0, 0.1) is 29.3 Å². The zero-order valence-corrected chi connectivity index (χ0v) is 19.7. The maximum Gasteiger partial charge on any atom is 0.194 e. The summed E-state index contributed by atoms with van der Waals surface area (Å²) in [4.78, 5) is 0. The van der Waals surface area contributed by atoms with Crippen molar-refractivity contribution in [1.29, 1.82) is 0 Å². The van der Waals surface area contributed by atoms with Crippen LogP contribution in [0.1, 0.15) is 96.0 Å². The van der Waals surface area contributed by atoms with E-state index < -0.39 is 17.5 Å². The lowest BCUT2D eigenvalue weighted by Crippen LogP contribution is -2.15. The molecule has 3 rings (SSSR count). The fraction of sp³-hybridized carbons (Fsp3) is 0.586. The van der Waals surface area contributed by atoms with Gasteiger partial charge < -0.3 is 0 Å². The molecule has 0 spiro atoms. The molecule has 0 aliphatic heterocycles. The van der Waals surface area contributed by atoms with Crippen molar-refractivity contribution in [2.75, 3.05) is 0 Å². The number of aryl methyl sites for hydroxylation is 1. The Bertz CT molecular complexity index is 781. The number of hydrogen-bond donors (Lipinski definition) is 0. The highest BCUT2D eigenvalue weighted by molar-refractivity contribution is 5.63. The average Bonchev–Trinajstić information content (AvgIpc) is 2.81. The molecule has 0 radical (unpaired) electrons. The molecule has 1 fully saturated rings. The van der Waals surface area contributed by atoms with Gasteiger partial charge in [-0.05, 0) is 53.5 Å². The van der Waals surface area contributed by atoms with Gasteiger partial charge in [0.25, 0.3) is 0 Å². The molecule has 1 saturated carbocycles. The van der Waals surface area contributed by atoms with Crippen molar-refractivity contribution in [1.82, 2.24) is 0 Å². The minimum atomic E-state index is -1.41. The van der Waals surface area contributed by atoms with Crippen molar-refractivity contribution in [2.45, 2.75) is 96.8 Å². The van der Waals surface area contributed by atoms with Crippen LogP contribution in [0.25, 0.3) is 11.1 Å². The van der Waals surface area contributed by atoms with E-state index in [1.54, 1.807) is 0 Å². The van der Waals surface area contributed by atoms with Crippen molar-refractivity contribution in [2.24, 2.45) is 11.8 Å². The average molecular weight is 445 g/mol. The van der Waals surface area contributed by atoms with Gasteiger partial charge in [0.1, 0.15) is 0 Å². The van der Waals surface area contributed by atoms with Gasteiger partial charge in [-0.15, -0.1) is 0 Å².